The summed E-state index contributed by atoms with van der Waals surface area (Å²) in [6.45, 7) is 3.01. The Morgan fingerprint density at radius 3 is 2.43 bits per heavy atom. The molecule has 1 saturated heterocycles. The summed E-state index contributed by atoms with van der Waals surface area (Å²) in [5.74, 6) is 0. The molecule has 1 aliphatic heterocycles. The molecule has 136 valence electrons. The van der Waals surface area contributed by atoms with Gasteiger partial charge in [0.15, 0.2) is 0 Å². The molecule has 5 nitrogen and oxygen atoms in total. The monoisotopic (exact) mass is 330 g/mol. The number of aliphatic hydroxyl groups excluding tert-OH is 3. The molecule has 0 bridgehead atoms. The maximum absolute atomic E-state index is 9.87. The summed E-state index contributed by atoms with van der Waals surface area (Å²) in [4.78, 5) is 0. The fourth-order valence-corrected chi connectivity index (χ4v) is 2.64. The molecule has 0 aromatic rings. The Morgan fingerprint density at radius 1 is 1.09 bits per heavy atom. The second-order valence-corrected chi connectivity index (χ2v) is 6.31. The predicted octanol–water partition coefficient (Wildman–Crippen LogP) is 2.18. The van der Waals surface area contributed by atoms with Gasteiger partial charge in [-0.05, 0) is 25.7 Å². The molecule has 0 spiro atoms. The zero-order chi connectivity index (χ0) is 16.9. The number of hydrogen-bond donors (Lipinski definition) is 3. The van der Waals surface area contributed by atoms with Crippen LogP contribution in [0.1, 0.15) is 58.3 Å². The summed E-state index contributed by atoms with van der Waals surface area (Å²) >= 11 is 0. The Hall–Kier alpha value is -0.460. The van der Waals surface area contributed by atoms with Crippen molar-refractivity contribution < 1.29 is 24.8 Å². The number of hydrogen-bond acceptors (Lipinski definition) is 5. The largest absolute Gasteiger partial charge is 0.388 e. The van der Waals surface area contributed by atoms with Crippen LogP contribution in [-0.4, -0.2) is 59.6 Å². The predicted molar refractivity (Wildman–Crippen MR) is 90.3 cm³/mol. The van der Waals surface area contributed by atoms with Crippen LogP contribution in [-0.2, 0) is 9.47 Å². The molecular weight excluding hydrogens is 296 g/mol. The third kappa shape index (κ3) is 8.82. The molecule has 0 amide bonds. The van der Waals surface area contributed by atoms with E-state index in [0.29, 0.717) is 6.61 Å². The minimum atomic E-state index is -1.03. The second kappa shape index (κ2) is 12.9. The van der Waals surface area contributed by atoms with Gasteiger partial charge in [0.1, 0.15) is 24.4 Å². The molecular formula is C18H34O5. The van der Waals surface area contributed by atoms with E-state index >= 15 is 0 Å². The van der Waals surface area contributed by atoms with Crippen LogP contribution < -0.4 is 0 Å². The summed E-state index contributed by atoms with van der Waals surface area (Å²) < 4.78 is 10.6. The second-order valence-electron chi connectivity index (χ2n) is 6.31. The van der Waals surface area contributed by atoms with E-state index < -0.39 is 24.4 Å². The Morgan fingerprint density at radius 2 is 1.78 bits per heavy atom. The number of allylic oxidation sites excluding steroid dienone is 2. The lowest BCUT2D eigenvalue weighted by atomic mass is 10.1. The van der Waals surface area contributed by atoms with Crippen LogP contribution in [0.25, 0.3) is 0 Å². The summed E-state index contributed by atoms with van der Waals surface area (Å²) in [5.41, 5.74) is 0. The highest BCUT2D eigenvalue weighted by Gasteiger charge is 2.39. The van der Waals surface area contributed by atoms with E-state index in [4.69, 9.17) is 9.47 Å². The number of rotatable bonds is 13. The van der Waals surface area contributed by atoms with E-state index in [1.165, 1.54) is 32.1 Å². The van der Waals surface area contributed by atoms with Crippen molar-refractivity contribution in [2.75, 3.05) is 19.8 Å². The molecule has 0 radical (unpaired) electrons. The normalized spacial score (nSPS) is 26.2. The lowest BCUT2D eigenvalue weighted by Crippen LogP contribution is -2.40. The fraction of sp³-hybridized carbons (Fsp3) is 0.889. The van der Waals surface area contributed by atoms with Crippen LogP contribution >= 0.6 is 0 Å². The molecule has 0 aromatic heterocycles. The molecule has 4 atom stereocenters. The van der Waals surface area contributed by atoms with Gasteiger partial charge in [-0.2, -0.15) is 0 Å². The van der Waals surface area contributed by atoms with Crippen molar-refractivity contribution in [3.63, 3.8) is 0 Å². The van der Waals surface area contributed by atoms with Crippen molar-refractivity contribution in [2.24, 2.45) is 0 Å². The van der Waals surface area contributed by atoms with Gasteiger partial charge in [0.2, 0.25) is 0 Å². The molecule has 1 rings (SSSR count). The van der Waals surface area contributed by atoms with Crippen molar-refractivity contribution in [3.8, 4) is 0 Å². The van der Waals surface area contributed by atoms with Gasteiger partial charge < -0.3 is 24.8 Å². The van der Waals surface area contributed by atoms with Crippen LogP contribution in [0.15, 0.2) is 12.2 Å². The van der Waals surface area contributed by atoms with Crippen LogP contribution in [0.4, 0.5) is 0 Å². The Kier molecular flexibility index (Phi) is 11.5. The molecule has 1 aliphatic rings. The highest BCUT2D eigenvalue weighted by Crippen LogP contribution is 2.17. The molecule has 0 aliphatic carbocycles. The van der Waals surface area contributed by atoms with Crippen LogP contribution in [0.2, 0.25) is 0 Å². The molecule has 0 saturated carbocycles. The van der Waals surface area contributed by atoms with Crippen LogP contribution in [0.5, 0.6) is 0 Å². The van der Waals surface area contributed by atoms with Gasteiger partial charge in [-0.25, -0.2) is 0 Å². The lowest BCUT2D eigenvalue weighted by Gasteiger charge is -2.20. The van der Waals surface area contributed by atoms with Crippen molar-refractivity contribution in [1.29, 1.82) is 0 Å². The maximum atomic E-state index is 9.87. The first-order valence-electron chi connectivity index (χ1n) is 9.05. The minimum absolute atomic E-state index is 0.0653. The van der Waals surface area contributed by atoms with E-state index in [1.807, 2.05) is 0 Å². The highest BCUT2D eigenvalue weighted by molar-refractivity contribution is 4.87. The van der Waals surface area contributed by atoms with E-state index in [9.17, 15) is 15.3 Å². The van der Waals surface area contributed by atoms with Gasteiger partial charge in [-0.1, -0.05) is 44.8 Å². The van der Waals surface area contributed by atoms with Crippen LogP contribution in [0, 0.1) is 0 Å². The molecule has 3 N–H and O–H groups in total. The SMILES string of the molecule is CCCC/C=C/CCCCCCOC[C@H](O)[C@H]1OC[C@@H](O)[C@H]1O. The van der Waals surface area contributed by atoms with Gasteiger partial charge in [-0.15, -0.1) is 0 Å². The molecule has 5 heteroatoms. The highest BCUT2D eigenvalue weighted by atomic mass is 16.5. The average molecular weight is 330 g/mol. The molecule has 23 heavy (non-hydrogen) atoms. The molecule has 1 heterocycles. The summed E-state index contributed by atoms with van der Waals surface area (Å²) in [7, 11) is 0. The minimum Gasteiger partial charge on any atom is -0.388 e. The van der Waals surface area contributed by atoms with Crippen molar-refractivity contribution in [1.82, 2.24) is 0 Å². The summed E-state index contributed by atoms with van der Waals surface area (Å²) in [5, 5.41) is 28.9. The Balaban J connectivity index is 1.89. The zero-order valence-corrected chi connectivity index (χ0v) is 14.4. The first kappa shape index (κ1) is 20.6. The fourth-order valence-electron chi connectivity index (χ4n) is 2.64. The van der Waals surface area contributed by atoms with Gasteiger partial charge in [0.05, 0.1) is 13.2 Å². The van der Waals surface area contributed by atoms with E-state index in [0.717, 1.165) is 19.3 Å². The summed E-state index contributed by atoms with van der Waals surface area (Å²) in [6.07, 6.45) is 10.4. The quantitative estimate of drug-likeness (QED) is 0.356. The van der Waals surface area contributed by atoms with Gasteiger partial charge in [-0.3, -0.25) is 0 Å². The maximum Gasteiger partial charge on any atom is 0.114 e. The van der Waals surface area contributed by atoms with Gasteiger partial charge in [0, 0.05) is 6.61 Å². The lowest BCUT2D eigenvalue weighted by molar-refractivity contribution is -0.0813. The average Bonchev–Trinajstić information content (AvgIpc) is 2.88. The van der Waals surface area contributed by atoms with Crippen molar-refractivity contribution in [2.45, 2.75) is 82.7 Å². The topological polar surface area (TPSA) is 79.2 Å². The van der Waals surface area contributed by atoms with Crippen molar-refractivity contribution >= 4 is 0 Å². The van der Waals surface area contributed by atoms with Crippen molar-refractivity contribution in [3.05, 3.63) is 12.2 Å². The third-order valence-corrected chi connectivity index (χ3v) is 4.16. The van der Waals surface area contributed by atoms with Gasteiger partial charge >= 0.3 is 0 Å². The summed E-state index contributed by atoms with van der Waals surface area (Å²) in [6, 6.07) is 0. The number of aliphatic hydroxyl groups is 3. The molecule has 1 fully saturated rings. The zero-order valence-electron chi connectivity index (χ0n) is 14.4. The smallest absolute Gasteiger partial charge is 0.114 e. The number of unbranched alkanes of at least 4 members (excludes halogenated alkanes) is 6. The first-order chi connectivity index (χ1) is 11.2. The van der Waals surface area contributed by atoms with Crippen LogP contribution in [0.3, 0.4) is 0 Å². The third-order valence-electron chi connectivity index (χ3n) is 4.16. The van der Waals surface area contributed by atoms with Gasteiger partial charge in [0.25, 0.3) is 0 Å². The Labute approximate surface area is 140 Å². The van der Waals surface area contributed by atoms with E-state index in [1.54, 1.807) is 0 Å². The first-order valence-corrected chi connectivity index (χ1v) is 9.05. The van der Waals surface area contributed by atoms with E-state index in [-0.39, 0.29) is 13.2 Å². The Bertz CT molecular complexity index is 308. The molecule has 0 aromatic carbocycles. The standard InChI is InChI=1S/C18H34O5/c1-2-3-4-5-6-7-8-9-10-11-12-22-13-16(20)18-17(21)15(19)14-23-18/h5-6,15-21H,2-4,7-14H2,1H3/b6-5+/t15-,16+,17-,18-/m1/s1. The molecule has 0 unspecified atom stereocenters. The number of ether oxygens (including phenoxy) is 2. The van der Waals surface area contributed by atoms with E-state index in [2.05, 4.69) is 19.1 Å².